The summed E-state index contributed by atoms with van der Waals surface area (Å²) >= 11 is 0. The Morgan fingerprint density at radius 3 is 1.36 bits per heavy atom. The molecule has 10 heteroatoms. The number of hydrogen-bond donors (Lipinski definition) is 2. The largest absolute Gasteiger partial charge is 0.369 e. The number of hydrogen-bond acceptors (Lipinski definition) is 6. The van der Waals surface area contributed by atoms with Crippen LogP contribution in [0.2, 0.25) is 0 Å². The number of halogens is 4. The van der Waals surface area contributed by atoms with Gasteiger partial charge in [0, 0.05) is 63.7 Å². The van der Waals surface area contributed by atoms with E-state index in [-0.39, 0.29) is 0 Å². The van der Waals surface area contributed by atoms with Gasteiger partial charge in [-0.05, 0) is 37.9 Å². The molecule has 2 aliphatic rings. The molecular weight excluding hydrogens is 436 g/mol. The van der Waals surface area contributed by atoms with Crippen LogP contribution in [0.15, 0.2) is 24.3 Å². The second-order valence-corrected chi connectivity index (χ2v) is 8.53. The lowest BCUT2D eigenvalue weighted by Crippen LogP contribution is -2.46. The van der Waals surface area contributed by atoms with E-state index in [4.69, 9.17) is 0 Å². The molecule has 2 saturated heterocycles. The van der Waals surface area contributed by atoms with Crippen LogP contribution < -0.4 is 20.7 Å². The monoisotopic (exact) mass is 466 g/mol. The van der Waals surface area contributed by atoms with Gasteiger partial charge in [-0.3, -0.25) is 10.9 Å². The maximum absolute atomic E-state index is 14.7. The van der Waals surface area contributed by atoms with Crippen molar-refractivity contribution in [3.8, 4) is 0 Å². The lowest BCUT2D eigenvalue weighted by molar-refractivity contribution is 0.271. The Morgan fingerprint density at radius 2 is 1.00 bits per heavy atom. The molecule has 0 aromatic heterocycles. The number of nitrogens with zero attached hydrogens (tertiary/aromatic N) is 4. The lowest BCUT2D eigenvalue weighted by Gasteiger charge is -2.35. The van der Waals surface area contributed by atoms with Gasteiger partial charge >= 0.3 is 0 Å². The van der Waals surface area contributed by atoms with Gasteiger partial charge in [-0.2, -0.15) is 0 Å². The molecular formula is C23H30F4N6. The van der Waals surface area contributed by atoms with E-state index >= 15 is 0 Å². The molecule has 2 aromatic rings. The quantitative estimate of drug-likeness (QED) is 0.501. The molecule has 0 aliphatic carbocycles. The Labute approximate surface area is 191 Å². The predicted octanol–water partition coefficient (Wildman–Crippen LogP) is 3.58. The minimum absolute atomic E-state index is 0.438. The Balaban J connectivity index is 1.44. The van der Waals surface area contributed by atoms with Crippen LogP contribution in [0.5, 0.6) is 0 Å². The zero-order valence-electron chi connectivity index (χ0n) is 19.0. The first kappa shape index (κ1) is 23.4. The second kappa shape index (κ2) is 10.0. The Morgan fingerprint density at radius 1 is 0.636 bits per heavy atom. The summed E-state index contributed by atoms with van der Waals surface area (Å²) in [6.07, 6.45) is 0. The summed E-state index contributed by atoms with van der Waals surface area (Å²) in [6, 6.07) is 4.92. The maximum atomic E-state index is 14.7. The number of piperazine rings is 2. The summed E-state index contributed by atoms with van der Waals surface area (Å²) in [5, 5.41) is 0. The van der Waals surface area contributed by atoms with Gasteiger partial charge in [-0.25, -0.2) is 17.6 Å². The first-order chi connectivity index (χ1) is 15.9. The van der Waals surface area contributed by atoms with Gasteiger partial charge < -0.3 is 19.6 Å². The van der Waals surface area contributed by atoms with E-state index in [9.17, 15) is 17.6 Å². The minimum atomic E-state index is -0.845. The molecule has 0 unspecified atom stereocenters. The molecule has 4 rings (SSSR count). The predicted molar refractivity (Wildman–Crippen MR) is 124 cm³/mol. The second-order valence-electron chi connectivity index (χ2n) is 8.53. The molecule has 0 bridgehead atoms. The van der Waals surface area contributed by atoms with Gasteiger partial charge in [0.2, 0.25) is 0 Å². The van der Waals surface area contributed by atoms with Gasteiger partial charge in [-0.1, -0.05) is 6.92 Å². The number of hydrazine groups is 1. The average Bonchev–Trinajstić information content (AvgIpc) is 2.80. The molecule has 180 valence electrons. The van der Waals surface area contributed by atoms with Crippen molar-refractivity contribution in [2.45, 2.75) is 6.92 Å². The molecule has 2 aliphatic heterocycles. The summed E-state index contributed by atoms with van der Waals surface area (Å²) in [7, 11) is 1.99. The fourth-order valence-corrected chi connectivity index (χ4v) is 4.24. The molecule has 6 nitrogen and oxygen atoms in total. The van der Waals surface area contributed by atoms with E-state index in [0.717, 1.165) is 32.7 Å². The van der Waals surface area contributed by atoms with E-state index < -0.39 is 34.6 Å². The molecule has 2 N–H and O–H groups in total. The molecule has 0 saturated carbocycles. The third kappa shape index (κ3) is 5.27. The SMILES string of the molecule is CCN1CCN(c2cc(F)c(NNc3c(F)cc(N4CCN(C)CC4)cc3F)c(F)c2)CC1. The standard InChI is InChI=1S/C23H30F4N6/c1-3-31-6-10-33(11-7-31)17-14-20(26)23(21(27)15-17)29-28-22-18(24)12-16(13-19(22)25)32-8-4-30(2)5-9-32/h12-15,28-29H,3-11H2,1-2H3. The van der Waals surface area contributed by atoms with Gasteiger partial charge in [0.1, 0.15) is 11.4 Å². The first-order valence-electron chi connectivity index (χ1n) is 11.3. The summed E-state index contributed by atoms with van der Waals surface area (Å²) < 4.78 is 58.6. The molecule has 2 fully saturated rings. The van der Waals surface area contributed by atoms with Crippen LogP contribution in [0, 0.1) is 23.3 Å². The third-order valence-corrected chi connectivity index (χ3v) is 6.42. The number of benzene rings is 2. The fourth-order valence-electron chi connectivity index (χ4n) is 4.24. The smallest absolute Gasteiger partial charge is 0.153 e. The number of rotatable bonds is 6. The van der Waals surface area contributed by atoms with Gasteiger partial charge in [-0.15, -0.1) is 0 Å². The van der Waals surface area contributed by atoms with Crippen molar-refractivity contribution in [2.24, 2.45) is 0 Å². The normalized spacial score (nSPS) is 18.0. The van der Waals surface area contributed by atoms with Crippen LogP contribution in [-0.4, -0.2) is 75.8 Å². The highest BCUT2D eigenvalue weighted by Gasteiger charge is 2.21. The molecule has 33 heavy (non-hydrogen) atoms. The topological polar surface area (TPSA) is 37.0 Å². The highest BCUT2D eigenvalue weighted by molar-refractivity contribution is 5.63. The number of nitrogens with one attached hydrogen (secondary N) is 2. The van der Waals surface area contributed by atoms with Crippen molar-refractivity contribution >= 4 is 22.7 Å². The minimum Gasteiger partial charge on any atom is -0.369 e. The Bertz CT molecular complexity index is 925. The van der Waals surface area contributed by atoms with Crippen molar-refractivity contribution in [1.29, 1.82) is 0 Å². The molecule has 0 radical (unpaired) electrons. The van der Waals surface area contributed by atoms with Gasteiger partial charge in [0.05, 0.1) is 0 Å². The maximum Gasteiger partial charge on any atom is 0.153 e. The number of anilines is 4. The van der Waals surface area contributed by atoms with Gasteiger partial charge in [0.25, 0.3) is 0 Å². The number of likely N-dealkylation sites (N-methyl/N-ethyl adjacent to an activating group) is 2. The van der Waals surface area contributed by atoms with Crippen molar-refractivity contribution in [1.82, 2.24) is 9.80 Å². The first-order valence-corrected chi connectivity index (χ1v) is 11.3. The Hall–Kier alpha value is -2.72. The highest BCUT2D eigenvalue weighted by atomic mass is 19.1. The zero-order valence-corrected chi connectivity index (χ0v) is 19.0. The third-order valence-electron chi connectivity index (χ3n) is 6.42. The van der Waals surface area contributed by atoms with Crippen LogP contribution in [-0.2, 0) is 0 Å². The van der Waals surface area contributed by atoms with Crippen LogP contribution >= 0.6 is 0 Å². The molecule has 0 atom stereocenters. The molecule has 2 aromatic carbocycles. The van der Waals surface area contributed by atoms with Crippen LogP contribution in [0.3, 0.4) is 0 Å². The van der Waals surface area contributed by atoms with E-state index in [1.165, 1.54) is 24.3 Å². The molecule has 0 spiro atoms. The van der Waals surface area contributed by atoms with E-state index in [1.54, 1.807) is 0 Å². The molecule has 2 heterocycles. The van der Waals surface area contributed by atoms with Crippen molar-refractivity contribution in [2.75, 3.05) is 86.6 Å². The van der Waals surface area contributed by atoms with Crippen molar-refractivity contribution < 1.29 is 17.6 Å². The zero-order chi connectivity index (χ0) is 23.5. The lowest BCUT2D eigenvalue weighted by atomic mass is 10.2. The van der Waals surface area contributed by atoms with Crippen molar-refractivity contribution in [3.63, 3.8) is 0 Å². The Kier molecular flexibility index (Phi) is 7.14. The molecule has 0 amide bonds. The summed E-state index contributed by atoms with van der Waals surface area (Å²) in [5.74, 6) is -3.37. The fraction of sp³-hybridized carbons (Fsp3) is 0.478. The van der Waals surface area contributed by atoms with E-state index in [2.05, 4.69) is 27.6 Å². The van der Waals surface area contributed by atoms with Crippen molar-refractivity contribution in [3.05, 3.63) is 47.5 Å². The van der Waals surface area contributed by atoms with Gasteiger partial charge in [0.15, 0.2) is 23.3 Å². The van der Waals surface area contributed by atoms with Crippen LogP contribution in [0.1, 0.15) is 6.92 Å². The highest BCUT2D eigenvalue weighted by Crippen LogP contribution is 2.29. The summed E-state index contributed by atoms with van der Waals surface area (Å²) in [5.41, 5.74) is 4.50. The summed E-state index contributed by atoms with van der Waals surface area (Å²) in [4.78, 5) is 8.23. The van der Waals surface area contributed by atoms with Crippen LogP contribution in [0.25, 0.3) is 0 Å². The summed E-state index contributed by atoms with van der Waals surface area (Å²) in [6.45, 7) is 8.94. The van der Waals surface area contributed by atoms with E-state index in [1.807, 2.05) is 16.8 Å². The van der Waals surface area contributed by atoms with Crippen LogP contribution in [0.4, 0.5) is 40.3 Å². The van der Waals surface area contributed by atoms with E-state index in [0.29, 0.717) is 37.6 Å². The average molecular weight is 467 g/mol.